The summed E-state index contributed by atoms with van der Waals surface area (Å²) in [5.41, 5.74) is 3.77. The molecule has 0 unspecified atom stereocenters. The first-order valence-corrected chi connectivity index (χ1v) is 9.99. The van der Waals surface area contributed by atoms with Gasteiger partial charge in [-0.05, 0) is 29.8 Å². The highest BCUT2D eigenvalue weighted by molar-refractivity contribution is 9.10. The molecule has 132 valence electrons. The maximum absolute atomic E-state index is 12.6. The molecule has 3 aromatic rings. The number of carbonyl (C=O) groups excluding carboxylic acids is 1. The molecule has 26 heavy (non-hydrogen) atoms. The summed E-state index contributed by atoms with van der Waals surface area (Å²) in [6.07, 6.45) is 3.99. The standard InChI is InChI=1S/C19H14BrClN2O2S/c1-22-19(24)18-16(11-4-6-23-9-14(11)21)13-5-7-25-15-8-10(20)2-3-12(15)17(13)26-18/h2-4,6,8-9H,5,7H2,1H3,(H,22,24). The van der Waals surface area contributed by atoms with Crippen LogP contribution in [0.3, 0.4) is 0 Å². The van der Waals surface area contributed by atoms with Gasteiger partial charge in [0, 0.05) is 51.9 Å². The minimum absolute atomic E-state index is 0.120. The number of rotatable bonds is 2. The van der Waals surface area contributed by atoms with Crippen molar-refractivity contribution >= 4 is 44.8 Å². The zero-order chi connectivity index (χ0) is 18.3. The van der Waals surface area contributed by atoms with Gasteiger partial charge in [-0.3, -0.25) is 9.78 Å². The van der Waals surface area contributed by atoms with Crippen molar-refractivity contribution in [3.8, 4) is 27.3 Å². The maximum Gasteiger partial charge on any atom is 0.261 e. The topological polar surface area (TPSA) is 51.2 Å². The van der Waals surface area contributed by atoms with Gasteiger partial charge in [0.25, 0.3) is 5.91 Å². The second-order valence-corrected chi connectivity index (χ2v) is 8.13. The summed E-state index contributed by atoms with van der Waals surface area (Å²) in [7, 11) is 1.64. The van der Waals surface area contributed by atoms with Crippen LogP contribution < -0.4 is 10.1 Å². The highest BCUT2D eigenvalue weighted by Crippen LogP contribution is 2.48. The van der Waals surface area contributed by atoms with Crippen molar-refractivity contribution in [1.82, 2.24) is 10.3 Å². The predicted molar refractivity (Wildman–Crippen MR) is 108 cm³/mol. The first kappa shape index (κ1) is 17.5. The van der Waals surface area contributed by atoms with E-state index in [1.54, 1.807) is 19.4 Å². The molecule has 1 aliphatic rings. The normalized spacial score (nSPS) is 12.6. The van der Waals surface area contributed by atoms with E-state index in [1.165, 1.54) is 11.3 Å². The summed E-state index contributed by atoms with van der Waals surface area (Å²) in [6.45, 7) is 0.538. The van der Waals surface area contributed by atoms with Crippen LogP contribution >= 0.6 is 38.9 Å². The number of pyridine rings is 1. The fraction of sp³-hybridized carbons (Fsp3) is 0.158. The second-order valence-electron chi connectivity index (χ2n) is 5.79. The number of benzene rings is 1. The lowest BCUT2D eigenvalue weighted by Crippen LogP contribution is -2.17. The average Bonchev–Trinajstić information content (AvgIpc) is 2.91. The van der Waals surface area contributed by atoms with Gasteiger partial charge < -0.3 is 10.1 Å². The first-order valence-electron chi connectivity index (χ1n) is 8.00. The Labute approximate surface area is 168 Å². The highest BCUT2D eigenvalue weighted by atomic mass is 79.9. The van der Waals surface area contributed by atoms with Crippen LogP contribution in [0.1, 0.15) is 15.2 Å². The van der Waals surface area contributed by atoms with Crippen molar-refractivity contribution in [3.05, 3.63) is 56.6 Å². The van der Waals surface area contributed by atoms with Gasteiger partial charge in [-0.2, -0.15) is 0 Å². The number of nitrogens with zero attached hydrogens (tertiary/aromatic N) is 1. The number of hydrogen-bond donors (Lipinski definition) is 1. The Bertz CT molecular complexity index is 1020. The Hall–Kier alpha value is -1.89. The van der Waals surface area contributed by atoms with Gasteiger partial charge in [0.15, 0.2) is 0 Å². The van der Waals surface area contributed by atoms with Crippen molar-refractivity contribution in [2.24, 2.45) is 0 Å². The number of carbonyl (C=O) groups is 1. The molecule has 0 aliphatic carbocycles. The fourth-order valence-corrected chi connectivity index (χ4v) is 5.02. The Morgan fingerprint density at radius 3 is 2.96 bits per heavy atom. The molecule has 1 aliphatic heterocycles. The molecule has 4 rings (SSSR count). The molecule has 0 saturated carbocycles. The summed E-state index contributed by atoms with van der Waals surface area (Å²) in [5, 5.41) is 3.27. The van der Waals surface area contributed by atoms with Gasteiger partial charge in [-0.25, -0.2) is 0 Å². The first-order chi connectivity index (χ1) is 12.6. The van der Waals surface area contributed by atoms with Gasteiger partial charge in [-0.15, -0.1) is 11.3 Å². The lowest BCUT2D eigenvalue weighted by atomic mass is 9.96. The van der Waals surface area contributed by atoms with Crippen LogP contribution in [-0.4, -0.2) is 24.5 Å². The van der Waals surface area contributed by atoms with Crippen LogP contribution in [0.5, 0.6) is 5.75 Å². The van der Waals surface area contributed by atoms with Crippen LogP contribution in [0.2, 0.25) is 5.02 Å². The number of aromatic nitrogens is 1. The minimum atomic E-state index is -0.120. The number of hydrogen-bond acceptors (Lipinski definition) is 4. The summed E-state index contributed by atoms with van der Waals surface area (Å²) in [4.78, 5) is 18.4. The van der Waals surface area contributed by atoms with E-state index in [2.05, 4.69) is 26.2 Å². The smallest absolute Gasteiger partial charge is 0.261 e. The van der Waals surface area contributed by atoms with Crippen molar-refractivity contribution in [2.75, 3.05) is 13.7 Å². The number of fused-ring (bicyclic) bond motifs is 3. The number of amides is 1. The van der Waals surface area contributed by atoms with E-state index in [0.29, 0.717) is 22.9 Å². The highest BCUT2D eigenvalue weighted by Gasteiger charge is 2.28. The SMILES string of the molecule is CNC(=O)c1sc2c(c1-c1ccncc1Cl)CCOc1cc(Br)ccc1-2. The second kappa shape index (κ2) is 7.02. The van der Waals surface area contributed by atoms with Crippen LogP contribution in [0.25, 0.3) is 21.6 Å². The summed E-state index contributed by atoms with van der Waals surface area (Å²) < 4.78 is 6.91. The third-order valence-electron chi connectivity index (χ3n) is 4.28. The Balaban J connectivity index is 2.03. The van der Waals surface area contributed by atoms with E-state index in [-0.39, 0.29) is 5.91 Å². The minimum Gasteiger partial charge on any atom is -0.493 e. The van der Waals surface area contributed by atoms with E-state index < -0.39 is 0 Å². The zero-order valence-corrected chi connectivity index (χ0v) is 17.0. The Morgan fingerprint density at radius 1 is 1.35 bits per heavy atom. The summed E-state index contributed by atoms with van der Waals surface area (Å²) in [5.74, 6) is 0.695. The lowest BCUT2D eigenvalue weighted by molar-refractivity contribution is 0.0967. The monoisotopic (exact) mass is 448 g/mol. The van der Waals surface area contributed by atoms with Crippen molar-refractivity contribution < 1.29 is 9.53 Å². The zero-order valence-electron chi connectivity index (χ0n) is 13.8. The van der Waals surface area contributed by atoms with E-state index in [1.807, 2.05) is 24.3 Å². The predicted octanol–water partition coefficient (Wildman–Crippen LogP) is 5.19. The molecule has 3 heterocycles. The van der Waals surface area contributed by atoms with Gasteiger partial charge in [0.1, 0.15) is 10.6 Å². The lowest BCUT2D eigenvalue weighted by Gasteiger charge is -2.09. The molecule has 2 aromatic heterocycles. The summed E-state index contributed by atoms with van der Waals surface area (Å²) >= 11 is 11.4. The molecular weight excluding hydrogens is 436 g/mol. The molecule has 1 N–H and O–H groups in total. The van der Waals surface area contributed by atoms with Crippen LogP contribution in [-0.2, 0) is 6.42 Å². The summed E-state index contributed by atoms with van der Waals surface area (Å²) in [6, 6.07) is 7.81. The molecular formula is C19H14BrClN2O2S. The molecule has 0 fully saturated rings. The number of ether oxygens (including phenoxy) is 1. The van der Waals surface area contributed by atoms with E-state index >= 15 is 0 Å². The molecule has 0 bridgehead atoms. The van der Waals surface area contributed by atoms with E-state index in [4.69, 9.17) is 16.3 Å². The molecule has 1 aromatic carbocycles. The van der Waals surface area contributed by atoms with Crippen LogP contribution in [0, 0.1) is 0 Å². The molecule has 4 nitrogen and oxygen atoms in total. The van der Waals surface area contributed by atoms with Gasteiger partial charge >= 0.3 is 0 Å². The van der Waals surface area contributed by atoms with E-state index in [0.717, 1.165) is 37.4 Å². The average molecular weight is 450 g/mol. The van der Waals surface area contributed by atoms with Gasteiger partial charge in [0.05, 0.1) is 11.6 Å². The fourth-order valence-electron chi connectivity index (χ4n) is 3.12. The van der Waals surface area contributed by atoms with Crippen LogP contribution in [0.15, 0.2) is 41.1 Å². The van der Waals surface area contributed by atoms with Crippen molar-refractivity contribution in [2.45, 2.75) is 6.42 Å². The van der Waals surface area contributed by atoms with E-state index in [9.17, 15) is 4.79 Å². The third-order valence-corrected chi connectivity index (χ3v) is 6.34. The number of nitrogens with one attached hydrogen (secondary N) is 1. The van der Waals surface area contributed by atoms with Crippen LogP contribution in [0.4, 0.5) is 0 Å². The quantitative estimate of drug-likeness (QED) is 0.586. The Morgan fingerprint density at radius 2 is 2.19 bits per heavy atom. The maximum atomic E-state index is 12.6. The molecule has 0 atom stereocenters. The number of halogens is 2. The Kier molecular flexibility index (Phi) is 4.73. The van der Waals surface area contributed by atoms with Crippen molar-refractivity contribution in [1.29, 1.82) is 0 Å². The molecule has 0 radical (unpaired) electrons. The van der Waals surface area contributed by atoms with Gasteiger partial charge in [-0.1, -0.05) is 27.5 Å². The van der Waals surface area contributed by atoms with Crippen molar-refractivity contribution in [3.63, 3.8) is 0 Å². The number of thiophene rings is 1. The molecule has 1 amide bonds. The molecule has 0 spiro atoms. The largest absolute Gasteiger partial charge is 0.493 e. The van der Waals surface area contributed by atoms with Gasteiger partial charge in [0.2, 0.25) is 0 Å². The molecule has 0 saturated heterocycles. The molecule has 7 heteroatoms. The third kappa shape index (κ3) is 2.92.